The Hall–Kier alpha value is -1.59. The summed E-state index contributed by atoms with van der Waals surface area (Å²) in [5.74, 6) is -0.387. The zero-order valence-electron chi connectivity index (χ0n) is 10.7. The number of ether oxygens (including phenoxy) is 1. The standard InChI is InChI=1S/C13H19NO4/c1-10-3-4-11(9-12(10)13(17)18-2)14(5-7-15)6-8-16/h3-4,9,15-16H,5-8H2,1-2H3. The highest BCUT2D eigenvalue weighted by Crippen LogP contribution is 2.19. The minimum Gasteiger partial charge on any atom is -0.465 e. The Labute approximate surface area is 107 Å². The minimum atomic E-state index is -0.387. The van der Waals surface area contributed by atoms with Gasteiger partial charge in [-0.05, 0) is 24.6 Å². The number of aryl methyl sites for hydroxylation is 1. The van der Waals surface area contributed by atoms with E-state index in [1.54, 1.807) is 6.07 Å². The number of carbonyl (C=O) groups is 1. The number of aliphatic hydroxyl groups excluding tert-OH is 2. The zero-order valence-corrected chi connectivity index (χ0v) is 10.7. The Morgan fingerprint density at radius 2 is 1.89 bits per heavy atom. The van der Waals surface area contributed by atoms with Crippen LogP contribution in [0.3, 0.4) is 0 Å². The highest BCUT2D eigenvalue weighted by atomic mass is 16.5. The quantitative estimate of drug-likeness (QED) is 0.725. The van der Waals surface area contributed by atoms with Crippen molar-refractivity contribution >= 4 is 11.7 Å². The summed E-state index contributed by atoms with van der Waals surface area (Å²) < 4.78 is 4.72. The summed E-state index contributed by atoms with van der Waals surface area (Å²) in [5, 5.41) is 18.0. The summed E-state index contributed by atoms with van der Waals surface area (Å²) in [6, 6.07) is 5.39. The first-order valence-electron chi connectivity index (χ1n) is 5.79. The minimum absolute atomic E-state index is 0.0125. The zero-order chi connectivity index (χ0) is 13.5. The van der Waals surface area contributed by atoms with Crippen LogP contribution in [0.15, 0.2) is 18.2 Å². The SMILES string of the molecule is COC(=O)c1cc(N(CCO)CCO)ccc1C. The van der Waals surface area contributed by atoms with Crippen LogP contribution in [0.25, 0.3) is 0 Å². The fourth-order valence-corrected chi connectivity index (χ4v) is 1.75. The van der Waals surface area contributed by atoms with Crippen molar-refractivity contribution in [3.63, 3.8) is 0 Å². The van der Waals surface area contributed by atoms with E-state index >= 15 is 0 Å². The van der Waals surface area contributed by atoms with E-state index in [9.17, 15) is 4.79 Å². The molecule has 0 radical (unpaired) electrons. The van der Waals surface area contributed by atoms with Gasteiger partial charge in [-0.15, -0.1) is 0 Å². The maximum absolute atomic E-state index is 11.6. The summed E-state index contributed by atoms with van der Waals surface area (Å²) >= 11 is 0. The third kappa shape index (κ3) is 3.45. The second-order valence-electron chi connectivity index (χ2n) is 3.93. The molecule has 0 aliphatic heterocycles. The predicted molar refractivity (Wildman–Crippen MR) is 68.9 cm³/mol. The van der Waals surface area contributed by atoms with E-state index in [1.165, 1.54) is 7.11 Å². The molecule has 0 unspecified atom stereocenters. The second-order valence-corrected chi connectivity index (χ2v) is 3.93. The van der Waals surface area contributed by atoms with Gasteiger partial charge in [0.05, 0.1) is 25.9 Å². The molecular formula is C13H19NO4. The molecule has 0 fully saturated rings. The van der Waals surface area contributed by atoms with E-state index in [-0.39, 0.29) is 19.2 Å². The van der Waals surface area contributed by atoms with E-state index in [0.717, 1.165) is 11.3 Å². The van der Waals surface area contributed by atoms with Crippen LogP contribution in [0.2, 0.25) is 0 Å². The van der Waals surface area contributed by atoms with Gasteiger partial charge in [0.15, 0.2) is 0 Å². The molecule has 0 aliphatic rings. The molecule has 1 aromatic carbocycles. The molecule has 0 bridgehead atoms. The average molecular weight is 253 g/mol. The Morgan fingerprint density at radius 3 is 2.39 bits per heavy atom. The fourth-order valence-electron chi connectivity index (χ4n) is 1.75. The molecule has 18 heavy (non-hydrogen) atoms. The summed E-state index contributed by atoms with van der Waals surface area (Å²) in [4.78, 5) is 13.4. The predicted octanol–water partition coefficient (Wildman–Crippen LogP) is 0.573. The van der Waals surface area contributed by atoms with Crippen molar-refractivity contribution in [2.45, 2.75) is 6.92 Å². The van der Waals surface area contributed by atoms with Gasteiger partial charge in [0.25, 0.3) is 0 Å². The van der Waals surface area contributed by atoms with Gasteiger partial charge in [-0.25, -0.2) is 4.79 Å². The Kier molecular flexibility index (Phi) is 5.61. The Morgan fingerprint density at radius 1 is 1.28 bits per heavy atom. The molecule has 0 aliphatic carbocycles. The molecule has 1 aromatic rings. The Balaban J connectivity index is 3.04. The molecule has 2 N–H and O–H groups in total. The van der Waals surface area contributed by atoms with Crippen LogP contribution in [0.1, 0.15) is 15.9 Å². The summed E-state index contributed by atoms with van der Waals surface area (Å²) in [7, 11) is 1.34. The molecule has 5 heteroatoms. The van der Waals surface area contributed by atoms with Crippen molar-refractivity contribution in [2.24, 2.45) is 0 Å². The third-order valence-corrected chi connectivity index (χ3v) is 2.73. The topological polar surface area (TPSA) is 70.0 Å². The van der Waals surface area contributed by atoms with Gasteiger partial charge >= 0.3 is 5.97 Å². The average Bonchev–Trinajstić information content (AvgIpc) is 2.38. The van der Waals surface area contributed by atoms with Crippen molar-refractivity contribution in [2.75, 3.05) is 38.3 Å². The molecule has 0 heterocycles. The van der Waals surface area contributed by atoms with E-state index in [4.69, 9.17) is 14.9 Å². The van der Waals surface area contributed by atoms with Crippen LogP contribution in [0.4, 0.5) is 5.69 Å². The van der Waals surface area contributed by atoms with Crippen molar-refractivity contribution < 1.29 is 19.7 Å². The van der Waals surface area contributed by atoms with Gasteiger partial charge < -0.3 is 19.8 Å². The Bertz CT molecular complexity index is 400. The number of hydrogen-bond acceptors (Lipinski definition) is 5. The van der Waals surface area contributed by atoms with Crippen LogP contribution in [0.5, 0.6) is 0 Å². The molecule has 0 amide bonds. The van der Waals surface area contributed by atoms with E-state index in [1.807, 2.05) is 24.0 Å². The van der Waals surface area contributed by atoms with E-state index in [2.05, 4.69) is 0 Å². The van der Waals surface area contributed by atoms with Gasteiger partial charge in [0.1, 0.15) is 0 Å². The number of rotatable bonds is 6. The molecule has 100 valence electrons. The van der Waals surface area contributed by atoms with Crippen LogP contribution < -0.4 is 4.90 Å². The number of benzene rings is 1. The molecular weight excluding hydrogens is 234 g/mol. The highest BCUT2D eigenvalue weighted by molar-refractivity contribution is 5.92. The van der Waals surface area contributed by atoms with Gasteiger partial charge in [-0.1, -0.05) is 6.07 Å². The maximum Gasteiger partial charge on any atom is 0.338 e. The summed E-state index contributed by atoms with van der Waals surface area (Å²) in [6.45, 7) is 2.62. The first-order valence-corrected chi connectivity index (χ1v) is 5.79. The van der Waals surface area contributed by atoms with Gasteiger partial charge in [0, 0.05) is 18.8 Å². The molecule has 0 saturated carbocycles. The lowest BCUT2D eigenvalue weighted by Gasteiger charge is -2.23. The highest BCUT2D eigenvalue weighted by Gasteiger charge is 2.13. The number of methoxy groups -OCH3 is 1. The second kappa shape index (κ2) is 6.98. The monoisotopic (exact) mass is 253 g/mol. The number of carbonyl (C=O) groups excluding carboxylic acids is 1. The molecule has 5 nitrogen and oxygen atoms in total. The lowest BCUT2D eigenvalue weighted by atomic mass is 10.1. The number of esters is 1. The number of nitrogens with zero attached hydrogens (tertiary/aromatic N) is 1. The molecule has 0 aromatic heterocycles. The van der Waals surface area contributed by atoms with E-state index < -0.39 is 0 Å². The lowest BCUT2D eigenvalue weighted by Crippen LogP contribution is -2.29. The number of hydrogen-bond donors (Lipinski definition) is 2. The van der Waals surface area contributed by atoms with Gasteiger partial charge in [-0.2, -0.15) is 0 Å². The molecule has 1 rings (SSSR count). The summed E-state index contributed by atoms with van der Waals surface area (Å²) in [5.41, 5.74) is 2.11. The third-order valence-electron chi connectivity index (χ3n) is 2.73. The van der Waals surface area contributed by atoms with Crippen molar-refractivity contribution in [3.8, 4) is 0 Å². The van der Waals surface area contributed by atoms with Crippen LogP contribution in [0, 0.1) is 6.92 Å². The number of aliphatic hydroxyl groups is 2. The van der Waals surface area contributed by atoms with Crippen molar-refractivity contribution in [3.05, 3.63) is 29.3 Å². The molecule has 0 atom stereocenters. The van der Waals surface area contributed by atoms with Crippen LogP contribution >= 0.6 is 0 Å². The first-order chi connectivity index (χ1) is 8.63. The molecule has 0 spiro atoms. The normalized spacial score (nSPS) is 10.2. The van der Waals surface area contributed by atoms with Crippen molar-refractivity contribution in [1.82, 2.24) is 0 Å². The van der Waals surface area contributed by atoms with Crippen LogP contribution in [-0.4, -0.2) is 49.6 Å². The van der Waals surface area contributed by atoms with Crippen LogP contribution in [-0.2, 0) is 4.74 Å². The fraction of sp³-hybridized carbons (Fsp3) is 0.462. The van der Waals surface area contributed by atoms with Gasteiger partial charge in [0.2, 0.25) is 0 Å². The molecule has 0 saturated heterocycles. The maximum atomic E-state index is 11.6. The number of anilines is 1. The summed E-state index contributed by atoms with van der Waals surface area (Å²) in [6.07, 6.45) is 0. The van der Waals surface area contributed by atoms with E-state index in [0.29, 0.717) is 18.7 Å². The largest absolute Gasteiger partial charge is 0.465 e. The first kappa shape index (κ1) is 14.5. The lowest BCUT2D eigenvalue weighted by molar-refractivity contribution is 0.0600. The smallest absolute Gasteiger partial charge is 0.338 e. The van der Waals surface area contributed by atoms with Crippen molar-refractivity contribution in [1.29, 1.82) is 0 Å². The van der Waals surface area contributed by atoms with Gasteiger partial charge in [-0.3, -0.25) is 0 Å².